The number of hydrogen-bond acceptors (Lipinski definition) is 5. The molecule has 7 nitrogen and oxygen atoms in total. The smallest absolute Gasteiger partial charge is 0.326 e. The minimum absolute atomic E-state index is 0.114. The molecular formula is C18H25NO6S. The first-order valence-corrected chi connectivity index (χ1v) is 10.2. The zero-order valence-corrected chi connectivity index (χ0v) is 15.8. The molecule has 1 saturated heterocycles. The summed E-state index contributed by atoms with van der Waals surface area (Å²) in [6.07, 6.45) is 0.828. The van der Waals surface area contributed by atoms with Crippen LogP contribution in [0.15, 0.2) is 30.3 Å². The molecule has 0 saturated carbocycles. The van der Waals surface area contributed by atoms with Crippen LogP contribution in [0.5, 0.6) is 0 Å². The number of carbonyl (C=O) groups is 2. The molecule has 144 valence electrons. The van der Waals surface area contributed by atoms with Gasteiger partial charge in [0.05, 0.1) is 5.25 Å². The summed E-state index contributed by atoms with van der Waals surface area (Å²) in [5, 5.41) is 7.62. The molecule has 8 heteroatoms. The van der Waals surface area contributed by atoms with Crippen molar-refractivity contribution in [2.45, 2.75) is 42.7 Å². The van der Waals surface area contributed by atoms with Gasteiger partial charge in [-0.2, -0.15) is 0 Å². The Kier molecular flexibility index (Phi) is 6.77. The quantitative estimate of drug-likeness (QED) is 0.757. The summed E-state index contributed by atoms with van der Waals surface area (Å²) in [6, 6.07) is 7.81. The number of hydrogen-bond donors (Lipinski definition) is 1. The number of carboxylic acids is 1. The summed E-state index contributed by atoms with van der Waals surface area (Å²) in [4.78, 5) is 25.4. The number of likely N-dealkylation sites (N-methyl/N-ethyl adjacent to an activating group) is 1. The molecule has 1 aromatic carbocycles. The van der Waals surface area contributed by atoms with E-state index in [-0.39, 0.29) is 6.42 Å². The first-order valence-electron chi connectivity index (χ1n) is 8.59. The van der Waals surface area contributed by atoms with Gasteiger partial charge in [0.15, 0.2) is 9.84 Å². The van der Waals surface area contributed by atoms with Gasteiger partial charge in [-0.25, -0.2) is 13.2 Å². The van der Waals surface area contributed by atoms with Crippen molar-refractivity contribution in [1.29, 1.82) is 0 Å². The van der Waals surface area contributed by atoms with Crippen LogP contribution in [-0.4, -0.2) is 67.1 Å². The Morgan fingerprint density at radius 1 is 1.23 bits per heavy atom. The van der Waals surface area contributed by atoms with Crippen molar-refractivity contribution in [3.05, 3.63) is 35.9 Å². The number of aliphatic carboxylic acids is 1. The Labute approximate surface area is 153 Å². The second-order valence-corrected chi connectivity index (χ2v) is 9.09. The highest BCUT2D eigenvalue weighted by Gasteiger charge is 2.40. The topological polar surface area (TPSA) is 101 Å². The van der Waals surface area contributed by atoms with Crippen LogP contribution in [0, 0.1) is 0 Å². The number of rotatable bonds is 7. The molecule has 0 aliphatic carbocycles. The predicted octanol–water partition coefficient (Wildman–Crippen LogP) is 1.12. The van der Waals surface area contributed by atoms with Crippen LogP contribution in [-0.2, 0) is 30.6 Å². The fourth-order valence-corrected chi connectivity index (χ4v) is 4.98. The second-order valence-electron chi connectivity index (χ2n) is 6.54. The van der Waals surface area contributed by atoms with Gasteiger partial charge < -0.3 is 14.7 Å². The Morgan fingerprint density at radius 3 is 2.35 bits per heavy atom. The van der Waals surface area contributed by atoms with E-state index in [1.807, 2.05) is 6.07 Å². The highest BCUT2D eigenvalue weighted by Crippen LogP contribution is 2.22. The third-order valence-electron chi connectivity index (χ3n) is 4.85. The van der Waals surface area contributed by atoms with Crippen molar-refractivity contribution in [2.24, 2.45) is 0 Å². The zero-order valence-electron chi connectivity index (χ0n) is 15.0. The summed E-state index contributed by atoms with van der Waals surface area (Å²) >= 11 is 0. The van der Waals surface area contributed by atoms with Gasteiger partial charge in [0.2, 0.25) is 5.91 Å². The molecule has 2 atom stereocenters. The first kappa shape index (κ1) is 20.4. The lowest BCUT2D eigenvalue weighted by Gasteiger charge is -2.30. The van der Waals surface area contributed by atoms with Gasteiger partial charge in [-0.15, -0.1) is 0 Å². The Bertz CT molecular complexity index is 727. The molecule has 2 unspecified atom stereocenters. The molecule has 2 rings (SSSR count). The van der Waals surface area contributed by atoms with E-state index < -0.39 is 38.3 Å². The zero-order chi connectivity index (χ0) is 19.3. The van der Waals surface area contributed by atoms with Gasteiger partial charge in [0, 0.05) is 26.7 Å². The van der Waals surface area contributed by atoms with Gasteiger partial charge >= 0.3 is 5.97 Å². The van der Waals surface area contributed by atoms with Crippen LogP contribution in [0.4, 0.5) is 0 Å². The van der Waals surface area contributed by atoms with Crippen LogP contribution >= 0.6 is 0 Å². The molecule has 0 bridgehead atoms. The maximum absolute atomic E-state index is 12.7. The minimum atomic E-state index is -3.70. The molecule has 1 aliphatic heterocycles. The largest absolute Gasteiger partial charge is 0.480 e. The predicted molar refractivity (Wildman–Crippen MR) is 96.6 cm³/mol. The summed E-state index contributed by atoms with van der Waals surface area (Å²) < 4.78 is 30.6. The molecule has 26 heavy (non-hydrogen) atoms. The van der Waals surface area contributed by atoms with Crippen molar-refractivity contribution in [1.82, 2.24) is 4.90 Å². The van der Waals surface area contributed by atoms with E-state index in [1.165, 1.54) is 14.0 Å². The van der Waals surface area contributed by atoms with Gasteiger partial charge in [-0.05, 0) is 25.3 Å². The summed E-state index contributed by atoms with van der Waals surface area (Å²) in [5.41, 5.74) is 0.763. The molecule has 1 N–H and O–H groups in total. The standard InChI is InChI=1S/C18H25NO6S/c1-13(26(23,24)15-8-10-25-11-9-15)17(20)19(2)16(18(21)22)12-14-6-4-3-5-7-14/h3-7,13,15-16H,8-12H2,1-2H3,(H,21,22). The Balaban J connectivity index is 2.15. The Hall–Kier alpha value is -1.93. The maximum Gasteiger partial charge on any atom is 0.326 e. The van der Waals surface area contributed by atoms with E-state index in [4.69, 9.17) is 4.74 Å². The minimum Gasteiger partial charge on any atom is -0.480 e. The van der Waals surface area contributed by atoms with Crippen LogP contribution in [0.25, 0.3) is 0 Å². The molecule has 1 aliphatic rings. The summed E-state index contributed by atoms with van der Waals surface area (Å²) in [6.45, 7) is 2.05. The molecule has 1 fully saturated rings. The van der Waals surface area contributed by atoms with E-state index in [0.29, 0.717) is 26.1 Å². The molecule has 1 amide bonds. The van der Waals surface area contributed by atoms with Gasteiger partial charge in [-0.1, -0.05) is 30.3 Å². The van der Waals surface area contributed by atoms with E-state index >= 15 is 0 Å². The number of nitrogens with zero attached hydrogens (tertiary/aromatic N) is 1. The third kappa shape index (κ3) is 4.62. The summed E-state index contributed by atoms with van der Waals surface area (Å²) in [7, 11) is -2.36. The average molecular weight is 383 g/mol. The van der Waals surface area contributed by atoms with Crippen molar-refractivity contribution < 1.29 is 27.9 Å². The highest BCUT2D eigenvalue weighted by molar-refractivity contribution is 7.93. The lowest BCUT2D eigenvalue weighted by molar-refractivity contribution is -0.148. The third-order valence-corrected chi connectivity index (χ3v) is 7.43. The first-order chi connectivity index (χ1) is 12.2. The molecule has 0 aromatic heterocycles. The van der Waals surface area contributed by atoms with Gasteiger partial charge in [-0.3, -0.25) is 4.79 Å². The normalized spacial score (nSPS) is 18.1. The second kappa shape index (κ2) is 8.64. The van der Waals surface area contributed by atoms with Crippen molar-refractivity contribution >= 4 is 21.7 Å². The fourth-order valence-electron chi connectivity index (χ4n) is 3.10. The molecule has 1 heterocycles. The molecular weight excluding hydrogens is 358 g/mol. The van der Waals surface area contributed by atoms with Gasteiger partial charge in [0.1, 0.15) is 11.3 Å². The number of benzene rings is 1. The van der Waals surface area contributed by atoms with Crippen LogP contribution < -0.4 is 0 Å². The van der Waals surface area contributed by atoms with E-state index in [0.717, 1.165) is 10.5 Å². The highest BCUT2D eigenvalue weighted by atomic mass is 32.2. The molecule has 1 aromatic rings. The number of carboxylic acid groups (broad SMARTS) is 1. The van der Waals surface area contributed by atoms with Crippen molar-refractivity contribution in [3.63, 3.8) is 0 Å². The van der Waals surface area contributed by atoms with Gasteiger partial charge in [0.25, 0.3) is 0 Å². The van der Waals surface area contributed by atoms with Crippen molar-refractivity contribution in [2.75, 3.05) is 20.3 Å². The number of amides is 1. The lowest BCUT2D eigenvalue weighted by atomic mass is 10.0. The van der Waals surface area contributed by atoms with Crippen LogP contribution in [0.3, 0.4) is 0 Å². The SMILES string of the molecule is CC(C(=O)N(C)C(Cc1ccccc1)C(=O)O)S(=O)(=O)C1CCOCC1. The summed E-state index contributed by atoms with van der Waals surface area (Å²) in [5.74, 6) is -1.86. The number of ether oxygens (including phenoxy) is 1. The molecule has 0 radical (unpaired) electrons. The number of carbonyl (C=O) groups excluding carboxylic acids is 1. The average Bonchev–Trinajstić information content (AvgIpc) is 2.65. The lowest BCUT2D eigenvalue weighted by Crippen LogP contribution is -2.50. The van der Waals surface area contributed by atoms with Crippen LogP contribution in [0.2, 0.25) is 0 Å². The van der Waals surface area contributed by atoms with E-state index in [9.17, 15) is 23.1 Å². The Morgan fingerprint density at radius 2 is 1.81 bits per heavy atom. The monoisotopic (exact) mass is 383 g/mol. The number of sulfone groups is 1. The van der Waals surface area contributed by atoms with Crippen molar-refractivity contribution in [3.8, 4) is 0 Å². The van der Waals surface area contributed by atoms with E-state index in [1.54, 1.807) is 24.3 Å². The van der Waals surface area contributed by atoms with Crippen LogP contribution in [0.1, 0.15) is 25.3 Å². The fraction of sp³-hybridized carbons (Fsp3) is 0.556. The molecule has 0 spiro atoms. The maximum atomic E-state index is 12.7. The van der Waals surface area contributed by atoms with E-state index in [2.05, 4.69) is 0 Å².